The molecule has 0 unspecified atom stereocenters. The summed E-state index contributed by atoms with van der Waals surface area (Å²) in [6, 6.07) is 9.67. The van der Waals surface area contributed by atoms with Crippen molar-refractivity contribution in [3.05, 3.63) is 42.2 Å². The van der Waals surface area contributed by atoms with Gasteiger partial charge in [-0.15, -0.1) is 10.2 Å². The standard InChI is InChI=1S/C23H29N7O/c1-15-13-16(7-10-24-15)19-6-5-18(14-20(19)21-26-28-29-27-21)25-22(31)30-11-8-17(9-12-30)23(2,3)4/h5-7,10,13-14,17H,8-9,11-12H2,1-4H3,(H,25,31)(H,26,27,28,29). The van der Waals surface area contributed by atoms with Gasteiger partial charge in [-0.05, 0) is 71.7 Å². The van der Waals surface area contributed by atoms with Crippen LogP contribution in [0.15, 0.2) is 36.5 Å². The maximum Gasteiger partial charge on any atom is 0.321 e. The van der Waals surface area contributed by atoms with Crippen molar-refractivity contribution in [2.45, 2.75) is 40.5 Å². The molecule has 162 valence electrons. The predicted molar refractivity (Wildman–Crippen MR) is 120 cm³/mol. The van der Waals surface area contributed by atoms with Crippen LogP contribution in [0.4, 0.5) is 10.5 Å². The Morgan fingerprint density at radius 3 is 2.55 bits per heavy atom. The number of nitrogens with one attached hydrogen (secondary N) is 2. The van der Waals surface area contributed by atoms with Gasteiger partial charge in [0, 0.05) is 36.2 Å². The predicted octanol–water partition coefficient (Wildman–Crippen LogP) is 4.53. The number of piperidine rings is 1. The molecule has 4 rings (SSSR count). The van der Waals surface area contributed by atoms with Gasteiger partial charge in [0.1, 0.15) is 0 Å². The SMILES string of the molecule is Cc1cc(-c2ccc(NC(=O)N3CCC(C(C)(C)C)CC3)cc2-c2nn[nH]n2)ccn1. The number of amides is 2. The minimum Gasteiger partial charge on any atom is -0.325 e. The van der Waals surface area contributed by atoms with E-state index in [-0.39, 0.29) is 11.4 Å². The minimum absolute atomic E-state index is 0.0704. The lowest BCUT2D eigenvalue weighted by molar-refractivity contribution is 0.128. The van der Waals surface area contributed by atoms with Crippen molar-refractivity contribution in [3.8, 4) is 22.5 Å². The van der Waals surface area contributed by atoms with E-state index in [1.807, 2.05) is 42.2 Å². The van der Waals surface area contributed by atoms with Crippen LogP contribution >= 0.6 is 0 Å². The van der Waals surface area contributed by atoms with E-state index in [1.165, 1.54) is 0 Å². The van der Waals surface area contributed by atoms with E-state index in [2.05, 4.69) is 51.7 Å². The normalized spacial score (nSPS) is 15.2. The maximum atomic E-state index is 12.9. The molecular weight excluding hydrogens is 390 g/mol. The number of likely N-dealkylation sites (tertiary alicyclic amines) is 1. The highest BCUT2D eigenvalue weighted by molar-refractivity contribution is 5.92. The first-order chi connectivity index (χ1) is 14.8. The maximum absolute atomic E-state index is 12.9. The van der Waals surface area contributed by atoms with Gasteiger partial charge in [0.15, 0.2) is 0 Å². The molecule has 0 bridgehead atoms. The number of nitrogens with zero attached hydrogens (tertiary/aromatic N) is 5. The number of carbonyl (C=O) groups is 1. The lowest BCUT2D eigenvalue weighted by Gasteiger charge is -2.38. The molecule has 1 fully saturated rings. The minimum atomic E-state index is -0.0704. The molecule has 3 heterocycles. The summed E-state index contributed by atoms with van der Waals surface area (Å²) in [5.74, 6) is 1.12. The number of hydrogen-bond donors (Lipinski definition) is 2. The van der Waals surface area contributed by atoms with E-state index < -0.39 is 0 Å². The van der Waals surface area contributed by atoms with Crippen molar-refractivity contribution in [3.63, 3.8) is 0 Å². The first-order valence-electron chi connectivity index (χ1n) is 10.7. The Bertz CT molecular complexity index is 1050. The van der Waals surface area contributed by atoms with Gasteiger partial charge in [0.2, 0.25) is 5.82 Å². The van der Waals surface area contributed by atoms with Gasteiger partial charge in [-0.25, -0.2) is 4.79 Å². The van der Waals surface area contributed by atoms with Crippen molar-refractivity contribution < 1.29 is 4.79 Å². The molecule has 0 aliphatic carbocycles. The highest BCUT2D eigenvalue weighted by atomic mass is 16.2. The quantitative estimate of drug-likeness (QED) is 0.650. The molecule has 0 saturated carbocycles. The summed E-state index contributed by atoms with van der Waals surface area (Å²) in [6.45, 7) is 10.3. The number of H-pyrrole nitrogens is 1. The molecule has 1 aliphatic heterocycles. The van der Waals surface area contributed by atoms with Crippen molar-refractivity contribution in [1.82, 2.24) is 30.5 Å². The van der Waals surface area contributed by atoms with Crippen LogP contribution in [-0.4, -0.2) is 49.6 Å². The van der Waals surface area contributed by atoms with Gasteiger partial charge >= 0.3 is 6.03 Å². The largest absolute Gasteiger partial charge is 0.325 e. The molecule has 1 aromatic carbocycles. The Morgan fingerprint density at radius 2 is 1.90 bits per heavy atom. The van der Waals surface area contributed by atoms with Gasteiger partial charge in [0.25, 0.3) is 0 Å². The van der Waals surface area contributed by atoms with Crippen molar-refractivity contribution in [2.75, 3.05) is 18.4 Å². The number of aryl methyl sites for hydroxylation is 1. The summed E-state index contributed by atoms with van der Waals surface area (Å²) in [5, 5.41) is 17.6. The van der Waals surface area contributed by atoms with Gasteiger partial charge in [-0.3, -0.25) is 4.98 Å². The Hall–Kier alpha value is -3.29. The van der Waals surface area contributed by atoms with E-state index in [0.717, 1.165) is 48.3 Å². The number of hydrogen-bond acceptors (Lipinski definition) is 5. The fourth-order valence-electron chi connectivity index (χ4n) is 4.20. The average Bonchev–Trinajstić information content (AvgIpc) is 3.28. The molecule has 2 N–H and O–H groups in total. The molecule has 8 heteroatoms. The molecule has 1 saturated heterocycles. The monoisotopic (exact) mass is 419 g/mol. The fraction of sp³-hybridized carbons (Fsp3) is 0.435. The third-order valence-electron chi connectivity index (χ3n) is 6.07. The van der Waals surface area contributed by atoms with Crippen molar-refractivity contribution in [1.29, 1.82) is 0 Å². The smallest absolute Gasteiger partial charge is 0.321 e. The molecule has 2 amide bonds. The topological polar surface area (TPSA) is 99.7 Å². The van der Waals surface area contributed by atoms with Crippen molar-refractivity contribution >= 4 is 11.7 Å². The lowest BCUT2D eigenvalue weighted by Crippen LogP contribution is -2.43. The number of rotatable bonds is 3. The number of aromatic amines is 1. The fourth-order valence-corrected chi connectivity index (χ4v) is 4.20. The zero-order valence-electron chi connectivity index (χ0n) is 18.5. The number of aromatic nitrogens is 5. The number of pyridine rings is 1. The van der Waals surface area contributed by atoms with Gasteiger partial charge in [0.05, 0.1) is 0 Å². The summed E-state index contributed by atoms with van der Waals surface area (Å²) >= 11 is 0. The van der Waals surface area contributed by atoms with Gasteiger partial charge in [-0.2, -0.15) is 5.21 Å². The van der Waals surface area contributed by atoms with E-state index in [9.17, 15) is 4.79 Å². The molecule has 1 aliphatic rings. The summed E-state index contributed by atoms with van der Waals surface area (Å²) in [7, 11) is 0. The number of anilines is 1. The average molecular weight is 420 g/mol. The molecular formula is C23H29N7O. The summed E-state index contributed by atoms with van der Waals surface area (Å²) in [4.78, 5) is 19.1. The Labute approximate surface area is 182 Å². The first-order valence-corrected chi connectivity index (χ1v) is 10.7. The highest BCUT2D eigenvalue weighted by Crippen LogP contribution is 2.35. The van der Waals surface area contributed by atoms with E-state index >= 15 is 0 Å². The lowest BCUT2D eigenvalue weighted by atomic mass is 9.75. The number of carbonyl (C=O) groups excluding carboxylic acids is 1. The third-order valence-corrected chi connectivity index (χ3v) is 6.07. The molecule has 2 aromatic heterocycles. The van der Waals surface area contributed by atoms with Crippen LogP contribution in [0.5, 0.6) is 0 Å². The number of urea groups is 1. The number of benzene rings is 1. The first kappa shape index (κ1) is 21.0. The van der Waals surface area contributed by atoms with Crippen LogP contribution in [0.2, 0.25) is 0 Å². The van der Waals surface area contributed by atoms with E-state index in [4.69, 9.17) is 0 Å². The molecule has 3 aromatic rings. The van der Waals surface area contributed by atoms with Crippen LogP contribution in [0.3, 0.4) is 0 Å². The molecule has 0 radical (unpaired) electrons. The van der Waals surface area contributed by atoms with Crippen molar-refractivity contribution in [2.24, 2.45) is 11.3 Å². The molecule has 0 atom stereocenters. The second-order valence-electron chi connectivity index (χ2n) is 9.24. The van der Waals surface area contributed by atoms with Crippen LogP contribution in [0, 0.1) is 18.3 Å². The van der Waals surface area contributed by atoms with Crippen LogP contribution in [0.25, 0.3) is 22.5 Å². The zero-order valence-corrected chi connectivity index (χ0v) is 18.5. The summed E-state index contributed by atoms with van der Waals surface area (Å²) in [6.07, 6.45) is 3.85. The van der Waals surface area contributed by atoms with Gasteiger partial charge < -0.3 is 10.2 Å². The third kappa shape index (κ3) is 4.73. The van der Waals surface area contributed by atoms with Crippen LogP contribution in [0.1, 0.15) is 39.3 Å². The second kappa shape index (κ2) is 8.45. The molecule has 31 heavy (non-hydrogen) atoms. The van der Waals surface area contributed by atoms with Crippen LogP contribution in [-0.2, 0) is 0 Å². The van der Waals surface area contributed by atoms with Gasteiger partial charge in [-0.1, -0.05) is 26.8 Å². The Morgan fingerprint density at radius 1 is 1.13 bits per heavy atom. The molecule has 8 nitrogen and oxygen atoms in total. The Balaban J connectivity index is 1.55. The molecule has 0 spiro atoms. The number of tetrazole rings is 1. The summed E-state index contributed by atoms with van der Waals surface area (Å²) in [5.41, 5.74) is 4.67. The summed E-state index contributed by atoms with van der Waals surface area (Å²) < 4.78 is 0. The van der Waals surface area contributed by atoms with Crippen LogP contribution < -0.4 is 5.32 Å². The van der Waals surface area contributed by atoms with E-state index in [0.29, 0.717) is 17.4 Å². The Kier molecular flexibility index (Phi) is 5.71. The van der Waals surface area contributed by atoms with E-state index in [1.54, 1.807) is 6.20 Å². The highest BCUT2D eigenvalue weighted by Gasteiger charge is 2.30. The zero-order chi connectivity index (χ0) is 22.0. The second-order valence-corrected chi connectivity index (χ2v) is 9.24.